The van der Waals surface area contributed by atoms with Crippen LogP contribution in [0.15, 0.2) is 12.4 Å². The van der Waals surface area contributed by atoms with E-state index in [1.165, 1.54) is 0 Å². The van der Waals surface area contributed by atoms with E-state index in [-0.39, 0.29) is 6.10 Å². The first kappa shape index (κ1) is 11.5. The second-order valence-corrected chi connectivity index (χ2v) is 4.19. The molecular formula is C11H16N4O2. The van der Waals surface area contributed by atoms with Crippen molar-refractivity contribution in [1.82, 2.24) is 4.98 Å². The molecule has 0 bridgehead atoms. The first-order valence-corrected chi connectivity index (χ1v) is 5.49. The predicted octanol–water partition coefficient (Wildman–Crippen LogP) is 0.646. The molecule has 6 heteroatoms. The fraction of sp³-hybridized carbons (Fsp3) is 0.455. The molecule has 17 heavy (non-hydrogen) atoms. The standard InChI is InChI=1S/C11H16N4O2/c1-7-4-14-5-9(12)10(7)15-3-2-8(6-15)17-11(13)16/h4-5,8H,2-3,6,12H2,1H3,(H2,13,16)/t8-/m0/s1. The molecular weight excluding hydrogens is 220 g/mol. The molecule has 4 N–H and O–H groups in total. The molecule has 1 saturated heterocycles. The van der Waals surface area contributed by atoms with Crippen LogP contribution in [0.1, 0.15) is 12.0 Å². The van der Waals surface area contributed by atoms with Gasteiger partial charge < -0.3 is 21.1 Å². The highest BCUT2D eigenvalue weighted by molar-refractivity contribution is 5.70. The van der Waals surface area contributed by atoms with Crippen LogP contribution in [0.5, 0.6) is 0 Å². The van der Waals surface area contributed by atoms with Crippen molar-refractivity contribution in [1.29, 1.82) is 0 Å². The Bertz CT molecular complexity index is 415. The van der Waals surface area contributed by atoms with E-state index >= 15 is 0 Å². The number of anilines is 2. The molecule has 0 aliphatic carbocycles. The van der Waals surface area contributed by atoms with Gasteiger partial charge in [-0.3, -0.25) is 4.98 Å². The van der Waals surface area contributed by atoms with Crippen LogP contribution in [-0.2, 0) is 4.74 Å². The number of hydrogen-bond acceptors (Lipinski definition) is 5. The Kier molecular flexibility index (Phi) is 3.03. The number of pyridine rings is 1. The van der Waals surface area contributed by atoms with Gasteiger partial charge in [-0.05, 0) is 12.5 Å². The largest absolute Gasteiger partial charge is 0.444 e. The van der Waals surface area contributed by atoms with Crippen molar-refractivity contribution in [3.63, 3.8) is 0 Å². The van der Waals surface area contributed by atoms with Crippen molar-refractivity contribution in [2.24, 2.45) is 5.73 Å². The number of primary amides is 1. The molecule has 0 aromatic carbocycles. The van der Waals surface area contributed by atoms with Crippen LogP contribution in [0.2, 0.25) is 0 Å². The first-order valence-electron chi connectivity index (χ1n) is 5.49. The molecule has 1 aliphatic rings. The second kappa shape index (κ2) is 4.48. The van der Waals surface area contributed by atoms with Crippen molar-refractivity contribution >= 4 is 17.5 Å². The summed E-state index contributed by atoms with van der Waals surface area (Å²) in [5.74, 6) is 0. The lowest BCUT2D eigenvalue weighted by atomic mass is 10.2. The summed E-state index contributed by atoms with van der Waals surface area (Å²) in [5.41, 5.74) is 13.5. The summed E-state index contributed by atoms with van der Waals surface area (Å²) in [7, 11) is 0. The number of rotatable bonds is 2. The van der Waals surface area contributed by atoms with Gasteiger partial charge in [0.1, 0.15) is 6.10 Å². The molecule has 1 fully saturated rings. The fourth-order valence-corrected chi connectivity index (χ4v) is 2.20. The number of nitrogens with zero attached hydrogens (tertiary/aromatic N) is 2. The van der Waals surface area contributed by atoms with E-state index in [2.05, 4.69) is 9.88 Å². The number of nitrogen functional groups attached to an aromatic ring is 1. The molecule has 1 aromatic rings. The van der Waals surface area contributed by atoms with Gasteiger partial charge in [0.15, 0.2) is 0 Å². The van der Waals surface area contributed by atoms with Crippen LogP contribution < -0.4 is 16.4 Å². The summed E-state index contributed by atoms with van der Waals surface area (Å²) >= 11 is 0. The van der Waals surface area contributed by atoms with E-state index in [0.717, 1.165) is 24.2 Å². The minimum Gasteiger partial charge on any atom is -0.444 e. The van der Waals surface area contributed by atoms with E-state index in [1.54, 1.807) is 12.4 Å². The highest BCUT2D eigenvalue weighted by atomic mass is 16.6. The predicted molar refractivity (Wildman–Crippen MR) is 64.7 cm³/mol. The molecule has 1 atom stereocenters. The molecule has 0 radical (unpaired) electrons. The molecule has 0 unspecified atom stereocenters. The van der Waals surface area contributed by atoms with Gasteiger partial charge in [0.2, 0.25) is 0 Å². The van der Waals surface area contributed by atoms with Crippen molar-refractivity contribution < 1.29 is 9.53 Å². The van der Waals surface area contributed by atoms with Gasteiger partial charge in [0, 0.05) is 19.2 Å². The monoisotopic (exact) mass is 236 g/mol. The Morgan fingerprint density at radius 1 is 1.59 bits per heavy atom. The average molecular weight is 236 g/mol. The number of nitrogens with two attached hydrogens (primary N) is 2. The second-order valence-electron chi connectivity index (χ2n) is 4.19. The van der Waals surface area contributed by atoms with Crippen molar-refractivity contribution in [2.45, 2.75) is 19.4 Å². The highest BCUT2D eigenvalue weighted by Crippen LogP contribution is 2.29. The molecule has 1 aliphatic heterocycles. The number of carbonyl (C=O) groups is 1. The smallest absolute Gasteiger partial charge is 0.404 e. The van der Waals surface area contributed by atoms with E-state index in [9.17, 15) is 4.79 Å². The van der Waals surface area contributed by atoms with Crippen LogP contribution in [-0.4, -0.2) is 30.3 Å². The zero-order valence-corrected chi connectivity index (χ0v) is 9.72. The maximum Gasteiger partial charge on any atom is 0.404 e. The number of hydrogen-bond donors (Lipinski definition) is 2. The lowest BCUT2D eigenvalue weighted by Gasteiger charge is -2.22. The van der Waals surface area contributed by atoms with Crippen LogP contribution in [0, 0.1) is 6.92 Å². The SMILES string of the molecule is Cc1cncc(N)c1N1CC[C@H](OC(N)=O)C1. The summed E-state index contributed by atoms with van der Waals surface area (Å²) in [6, 6.07) is 0. The zero-order chi connectivity index (χ0) is 12.4. The lowest BCUT2D eigenvalue weighted by molar-refractivity contribution is 0.117. The third-order valence-corrected chi connectivity index (χ3v) is 2.87. The van der Waals surface area contributed by atoms with Gasteiger partial charge in [-0.1, -0.05) is 0 Å². The van der Waals surface area contributed by atoms with Gasteiger partial charge in [0.05, 0.1) is 24.1 Å². The molecule has 1 aromatic heterocycles. The average Bonchev–Trinajstić information content (AvgIpc) is 2.65. The zero-order valence-electron chi connectivity index (χ0n) is 9.72. The Labute approximate surface area is 99.5 Å². The van der Waals surface area contributed by atoms with Crippen LogP contribution >= 0.6 is 0 Å². The van der Waals surface area contributed by atoms with Gasteiger partial charge in [-0.2, -0.15) is 0 Å². The Hall–Kier alpha value is -1.98. The van der Waals surface area contributed by atoms with Gasteiger partial charge in [-0.15, -0.1) is 0 Å². The summed E-state index contributed by atoms with van der Waals surface area (Å²) < 4.78 is 4.98. The minimum absolute atomic E-state index is 0.153. The maximum atomic E-state index is 10.7. The summed E-state index contributed by atoms with van der Waals surface area (Å²) in [6.07, 6.45) is 3.29. The molecule has 2 rings (SSSR count). The van der Waals surface area contributed by atoms with E-state index < -0.39 is 6.09 Å². The molecule has 92 valence electrons. The van der Waals surface area contributed by atoms with Gasteiger partial charge in [0.25, 0.3) is 0 Å². The number of amides is 1. The Balaban J connectivity index is 2.12. The summed E-state index contributed by atoms with van der Waals surface area (Å²) in [6.45, 7) is 3.38. The summed E-state index contributed by atoms with van der Waals surface area (Å²) in [4.78, 5) is 16.8. The maximum absolute atomic E-state index is 10.7. The molecule has 2 heterocycles. The highest BCUT2D eigenvalue weighted by Gasteiger charge is 2.27. The van der Waals surface area contributed by atoms with Crippen LogP contribution in [0.25, 0.3) is 0 Å². The molecule has 0 spiro atoms. The summed E-state index contributed by atoms with van der Waals surface area (Å²) in [5, 5.41) is 0. The normalized spacial score (nSPS) is 19.4. The number of aryl methyl sites for hydroxylation is 1. The van der Waals surface area contributed by atoms with E-state index in [4.69, 9.17) is 16.2 Å². The minimum atomic E-state index is -0.726. The van der Waals surface area contributed by atoms with Crippen molar-refractivity contribution in [2.75, 3.05) is 23.7 Å². The van der Waals surface area contributed by atoms with Crippen molar-refractivity contribution in [3.05, 3.63) is 18.0 Å². The van der Waals surface area contributed by atoms with E-state index in [1.807, 2.05) is 6.92 Å². The van der Waals surface area contributed by atoms with Crippen LogP contribution in [0.4, 0.5) is 16.2 Å². The molecule has 0 saturated carbocycles. The number of ether oxygens (including phenoxy) is 1. The lowest BCUT2D eigenvalue weighted by Crippen LogP contribution is -2.27. The molecule has 1 amide bonds. The fourth-order valence-electron chi connectivity index (χ4n) is 2.20. The van der Waals surface area contributed by atoms with E-state index in [0.29, 0.717) is 12.2 Å². The Morgan fingerprint density at radius 3 is 3.00 bits per heavy atom. The third-order valence-electron chi connectivity index (χ3n) is 2.87. The van der Waals surface area contributed by atoms with Gasteiger partial charge >= 0.3 is 6.09 Å². The molecule has 6 nitrogen and oxygen atoms in total. The Morgan fingerprint density at radius 2 is 2.35 bits per heavy atom. The van der Waals surface area contributed by atoms with Gasteiger partial charge in [-0.25, -0.2) is 4.79 Å². The van der Waals surface area contributed by atoms with Crippen LogP contribution in [0.3, 0.4) is 0 Å². The number of aromatic nitrogens is 1. The topological polar surface area (TPSA) is 94.5 Å². The van der Waals surface area contributed by atoms with Crippen molar-refractivity contribution in [3.8, 4) is 0 Å². The third kappa shape index (κ3) is 2.41. The number of carbonyl (C=O) groups excluding carboxylic acids is 1. The quantitative estimate of drug-likeness (QED) is 0.786. The first-order chi connectivity index (χ1) is 8.08.